The van der Waals surface area contributed by atoms with Crippen molar-refractivity contribution >= 4 is 29.0 Å². The zero-order chi connectivity index (χ0) is 13.8. The third kappa shape index (κ3) is 3.36. The van der Waals surface area contributed by atoms with Gasteiger partial charge in [-0.15, -0.1) is 21.5 Å². The van der Waals surface area contributed by atoms with Crippen LogP contribution in [0.15, 0.2) is 16.6 Å². The highest BCUT2D eigenvalue weighted by molar-refractivity contribution is 7.99. The van der Waals surface area contributed by atoms with Crippen LogP contribution in [-0.2, 0) is 11.3 Å². The lowest BCUT2D eigenvalue weighted by Crippen LogP contribution is -2.14. The molecule has 0 unspecified atom stereocenters. The maximum atomic E-state index is 10.9. The smallest absolute Gasteiger partial charge is 0.227 e. The van der Waals surface area contributed by atoms with Gasteiger partial charge in [-0.05, 0) is 19.4 Å². The van der Waals surface area contributed by atoms with Gasteiger partial charge in [0.05, 0.1) is 5.75 Å². The summed E-state index contributed by atoms with van der Waals surface area (Å²) in [6, 6.07) is 2.10. The molecule has 0 aliphatic carbocycles. The first-order valence-electron chi connectivity index (χ1n) is 6.01. The molecule has 0 saturated carbocycles. The Morgan fingerprint density at radius 3 is 2.89 bits per heavy atom. The van der Waals surface area contributed by atoms with Crippen LogP contribution in [0.1, 0.15) is 18.2 Å². The van der Waals surface area contributed by atoms with Crippen LogP contribution in [0.2, 0.25) is 0 Å². The highest BCUT2D eigenvalue weighted by Gasteiger charge is 2.15. The first-order valence-corrected chi connectivity index (χ1v) is 7.88. The fourth-order valence-corrected chi connectivity index (χ4v) is 3.12. The fourth-order valence-electron chi connectivity index (χ4n) is 1.73. The Morgan fingerprint density at radius 1 is 1.53 bits per heavy atom. The Bertz CT molecular complexity index is 576. The molecule has 0 fully saturated rings. The first-order chi connectivity index (χ1) is 9.11. The fraction of sp³-hybridized carbons (Fsp3) is 0.417. The van der Waals surface area contributed by atoms with Gasteiger partial charge in [0.1, 0.15) is 0 Å². The number of carbonyl (C=O) groups is 1. The van der Waals surface area contributed by atoms with Crippen LogP contribution in [0.25, 0.3) is 11.4 Å². The van der Waals surface area contributed by atoms with Gasteiger partial charge in [-0.3, -0.25) is 4.79 Å². The zero-order valence-corrected chi connectivity index (χ0v) is 12.6. The summed E-state index contributed by atoms with van der Waals surface area (Å²) in [6.45, 7) is 5.00. The van der Waals surface area contributed by atoms with Gasteiger partial charge in [0.25, 0.3) is 0 Å². The van der Waals surface area contributed by atoms with Crippen molar-refractivity contribution in [3.63, 3.8) is 0 Å². The second-order valence-electron chi connectivity index (χ2n) is 4.16. The molecule has 1 amide bonds. The summed E-state index contributed by atoms with van der Waals surface area (Å²) in [5.41, 5.74) is 6.25. The van der Waals surface area contributed by atoms with Crippen LogP contribution in [0.4, 0.5) is 0 Å². The molecule has 0 atom stereocenters. The largest absolute Gasteiger partial charge is 0.369 e. The number of rotatable bonds is 6. The molecule has 0 spiro atoms. The van der Waals surface area contributed by atoms with E-state index >= 15 is 0 Å². The van der Waals surface area contributed by atoms with Gasteiger partial charge in [-0.2, -0.15) is 0 Å². The number of nitrogens with two attached hydrogens (primary N) is 1. The lowest BCUT2D eigenvalue weighted by Gasteiger charge is -2.07. The summed E-state index contributed by atoms with van der Waals surface area (Å²) in [6.07, 6.45) is 0.984. The van der Waals surface area contributed by atoms with E-state index in [4.69, 9.17) is 5.73 Å². The van der Waals surface area contributed by atoms with Crippen molar-refractivity contribution in [2.45, 2.75) is 32.0 Å². The maximum absolute atomic E-state index is 10.9. The average molecular weight is 296 g/mol. The number of thioether (sulfide) groups is 1. The molecule has 0 bridgehead atoms. The molecule has 19 heavy (non-hydrogen) atoms. The van der Waals surface area contributed by atoms with Gasteiger partial charge < -0.3 is 10.3 Å². The third-order valence-corrected chi connectivity index (χ3v) is 4.35. The number of hydrogen-bond acceptors (Lipinski definition) is 5. The molecule has 2 rings (SSSR count). The van der Waals surface area contributed by atoms with Crippen LogP contribution < -0.4 is 5.73 Å². The van der Waals surface area contributed by atoms with E-state index in [1.54, 1.807) is 11.3 Å². The van der Waals surface area contributed by atoms with E-state index in [1.165, 1.54) is 16.6 Å². The van der Waals surface area contributed by atoms with Crippen molar-refractivity contribution in [1.82, 2.24) is 14.8 Å². The molecule has 0 radical (unpaired) electrons. The van der Waals surface area contributed by atoms with Gasteiger partial charge >= 0.3 is 0 Å². The van der Waals surface area contributed by atoms with E-state index in [-0.39, 0.29) is 11.7 Å². The minimum Gasteiger partial charge on any atom is -0.369 e. The number of nitrogens with zero attached hydrogens (tertiary/aromatic N) is 3. The Hall–Kier alpha value is -1.34. The van der Waals surface area contributed by atoms with Crippen LogP contribution in [0.3, 0.4) is 0 Å². The highest BCUT2D eigenvalue weighted by Crippen LogP contribution is 2.27. The number of aryl methyl sites for hydroxylation is 1. The molecule has 2 aromatic heterocycles. The van der Waals surface area contributed by atoms with Gasteiger partial charge in [-0.25, -0.2) is 0 Å². The van der Waals surface area contributed by atoms with Crippen LogP contribution >= 0.6 is 23.1 Å². The lowest BCUT2D eigenvalue weighted by molar-refractivity contribution is -0.115. The van der Waals surface area contributed by atoms with Gasteiger partial charge in [-0.1, -0.05) is 18.7 Å². The van der Waals surface area contributed by atoms with E-state index < -0.39 is 0 Å². The number of thiophene rings is 1. The van der Waals surface area contributed by atoms with E-state index in [0.29, 0.717) is 0 Å². The van der Waals surface area contributed by atoms with Gasteiger partial charge in [0.15, 0.2) is 11.0 Å². The second-order valence-corrected chi connectivity index (χ2v) is 6.22. The van der Waals surface area contributed by atoms with Crippen molar-refractivity contribution in [2.75, 3.05) is 5.75 Å². The molecule has 0 aromatic carbocycles. The molecular formula is C12H16N4OS2. The molecule has 2 N–H and O–H groups in total. The quantitative estimate of drug-likeness (QED) is 0.830. The summed E-state index contributed by atoms with van der Waals surface area (Å²) in [7, 11) is 0. The Kier molecular flexibility index (Phi) is 4.60. The molecule has 0 saturated heterocycles. The van der Waals surface area contributed by atoms with E-state index in [1.807, 2.05) is 0 Å². The molecule has 2 aromatic rings. The number of amides is 1. The van der Waals surface area contributed by atoms with Crippen molar-refractivity contribution in [2.24, 2.45) is 5.73 Å². The van der Waals surface area contributed by atoms with Crippen molar-refractivity contribution in [1.29, 1.82) is 0 Å². The zero-order valence-electron chi connectivity index (χ0n) is 10.9. The normalized spacial score (nSPS) is 10.8. The summed E-state index contributed by atoms with van der Waals surface area (Å²) in [5.74, 6) is 0.743. The standard InChI is InChI=1S/C12H16N4OS2/c1-3-4-16-11(9-5-8(2)18-6-9)14-15-12(16)19-7-10(13)17/h5-6H,3-4,7H2,1-2H3,(H2,13,17). The molecule has 0 aliphatic heterocycles. The van der Waals surface area contributed by atoms with E-state index in [2.05, 4.69) is 40.1 Å². The predicted octanol–water partition coefficient (Wildman–Crippen LogP) is 2.30. The van der Waals surface area contributed by atoms with Crippen LogP contribution in [0, 0.1) is 6.92 Å². The van der Waals surface area contributed by atoms with Crippen molar-refractivity contribution < 1.29 is 4.79 Å². The molecule has 102 valence electrons. The van der Waals surface area contributed by atoms with Crippen molar-refractivity contribution in [3.8, 4) is 11.4 Å². The van der Waals surface area contributed by atoms with Gasteiger partial charge in [0.2, 0.25) is 5.91 Å². The number of aromatic nitrogens is 3. The molecule has 2 heterocycles. The van der Waals surface area contributed by atoms with Crippen LogP contribution in [0.5, 0.6) is 0 Å². The molecule has 5 nitrogen and oxygen atoms in total. The number of carbonyl (C=O) groups excluding carboxylic acids is 1. The van der Waals surface area contributed by atoms with Crippen molar-refractivity contribution in [3.05, 3.63) is 16.3 Å². The van der Waals surface area contributed by atoms with E-state index in [9.17, 15) is 4.79 Å². The Balaban J connectivity index is 2.31. The molecular weight excluding hydrogens is 280 g/mol. The topological polar surface area (TPSA) is 73.8 Å². The Labute approximate surface area is 120 Å². The minimum absolute atomic E-state index is 0.227. The molecule has 0 aliphatic rings. The van der Waals surface area contributed by atoms with E-state index in [0.717, 1.165) is 29.5 Å². The average Bonchev–Trinajstić information content (AvgIpc) is 2.94. The Morgan fingerprint density at radius 2 is 2.32 bits per heavy atom. The second kappa shape index (κ2) is 6.21. The lowest BCUT2D eigenvalue weighted by atomic mass is 10.3. The summed E-state index contributed by atoms with van der Waals surface area (Å²) in [5, 5.41) is 11.2. The predicted molar refractivity (Wildman–Crippen MR) is 78.3 cm³/mol. The molecule has 7 heteroatoms. The summed E-state index contributed by atoms with van der Waals surface area (Å²) >= 11 is 3.03. The monoisotopic (exact) mass is 296 g/mol. The minimum atomic E-state index is -0.344. The maximum Gasteiger partial charge on any atom is 0.227 e. The SMILES string of the molecule is CCCn1c(SCC(N)=O)nnc1-c1csc(C)c1. The highest BCUT2D eigenvalue weighted by atomic mass is 32.2. The van der Waals surface area contributed by atoms with Crippen LogP contribution in [-0.4, -0.2) is 26.4 Å². The number of primary amides is 1. The van der Waals surface area contributed by atoms with Gasteiger partial charge in [0, 0.05) is 22.4 Å². The first kappa shape index (κ1) is 14.1. The summed E-state index contributed by atoms with van der Waals surface area (Å²) in [4.78, 5) is 12.1. The third-order valence-electron chi connectivity index (χ3n) is 2.50. The summed E-state index contributed by atoms with van der Waals surface area (Å²) < 4.78 is 2.05. The number of hydrogen-bond donors (Lipinski definition) is 1.